The molecule has 0 heterocycles. The Bertz CT molecular complexity index is 160. The molecule has 0 amide bonds. The molecule has 0 saturated heterocycles. The van der Waals surface area contributed by atoms with Crippen LogP contribution < -0.4 is 0 Å². The standard InChI is InChI=1S/C6H7NO2/c8-5-3-1-2-4-7-6-9/h8H,1,3,5H2. The van der Waals surface area contributed by atoms with Gasteiger partial charge in [0.2, 0.25) is 6.08 Å². The van der Waals surface area contributed by atoms with Gasteiger partial charge in [0, 0.05) is 19.1 Å². The van der Waals surface area contributed by atoms with E-state index < -0.39 is 0 Å². The molecular weight excluding hydrogens is 118 g/mol. The summed E-state index contributed by atoms with van der Waals surface area (Å²) in [7, 11) is 0. The molecule has 0 aliphatic heterocycles. The number of isocyanates is 1. The first-order valence-corrected chi connectivity index (χ1v) is 2.57. The molecule has 0 rings (SSSR count). The van der Waals surface area contributed by atoms with Gasteiger partial charge in [0.25, 0.3) is 0 Å². The van der Waals surface area contributed by atoms with E-state index in [1.807, 2.05) is 0 Å². The molecule has 0 aromatic heterocycles. The summed E-state index contributed by atoms with van der Waals surface area (Å²) in [6.07, 6.45) is 2.48. The highest BCUT2D eigenvalue weighted by atomic mass is 16.2. The number of nitrogens with zero attached hydrogens (tertiary/aromatic N) is 1. The van der Waals surface area contributed by atoms with Gasteiger partial charge in [-0.2, -0.15) is 0 Å². The van der Waals surface area contributed by atoms with Gasteiger partial charge in [-0.05, 0) is 6.42 Å². The fraction of sp³-hybridized carbons (Fsp3) is 0.500. The zero-order valence-corrected chi connectivity index (χ0v) is 4.92. The lowest BCUT2D eigenvalue weighted by atomic mass is 10.3. The van der Waals surface area contributed by atoms with Crippen LogP contribution in [0.25, 0.3) is 0 Å². The van der Waals surface area contributed by atoms with Crippen molar-refractivity contribution in [2.24, 2.45) is 4.99 Å². The van der Waals surface area contributed by atoms with Gasteiger partial charge in [0.1, 0.15) is 0 Å². The lowest BCUT2D eigenvalue weighted by molar-refractivity contribution is 0.290. The maximum absolute atomic E-state index is 9.39. The maximum Gasteiger partial charge on any atom is 0.249 e. The first kappa shape index (κ1) is 7.90. The van der Waals surface area contributed by atoms with Crippen molar-refractivity contribution in [2.45, 2.75) is 12.8 Å². The fourth-order valence-electron chi connectivity index (χ4n) is 0.286. The molecule has 48 valence electrons. The van der Waals surface area contributed by atoms with Gasteiger partial charge in [0.05, 0.1) is 0 Å². The smallest absolute Gasteiger partial charge is 0.249 e. The minimum Gasteiger partial charge on any atom is -0.396 e. The fourth-order valence-corrected chi connectivity index (χ4v) is 0.286. The van der Waals surface area contributed by atoms with Crippen molar-refractivity contribution in [3.8, 4) is 12.0 Å². The average Bonchev–Trinajstić information content (AvgIpc) is 1.89. The number of aliphatic hydroxyl groups is 1. The van der Waals surface area contributed by atoms with Crippen molar-refractivity contribution >= 4 is 6.08 Å². The van der Waals surface area contributed by atoms with Gasteiger partial charge in [-0.1, -0.05) is 5.92 Å². The summed E-state index contributed by atoms with van der Waals surface area (Å²) >= 11 is 0. The molecule has 0 aliphatic rings. The SMILES string of the molecule is O=C=NC#CCCCO. The highest BCUT2D eigenvalue weighted by Crippen LogP contribution is 1.81. The second-order valence-corrected chi connectivity index (χ2v) is 1.32. The van der Waals surface area contributed by atoms with Gasteiger partial charge >= 0.3 is 0 Å². The molecule has 9 heavy (non-hydrogen) atoms. The Morgan fingerprint density at radius 3 is 2.89 bits per heavy atom. The summed E-state index contributed by atoms with van der Waals surface area (Å²) in [5, 5.41) is 8.25. The molecule has 3 nitrogen and oxygen atoms in total. The Kier molecular flexibility index (Phi) is 6.06. The zero-order chi connectivity index (χ0) is 6.95. The first-order valence-electron chi connectivity index (χ1n) is 2.57. The van der Waals surface area contributed by atoms with E-state index in [0.29, 0.717) is 12.8 Å². The molecule has 0 unspecified atom stereocenters. The van der Waals surface area contributed by atoms with Crippen molar-refractivity contribution in [3.05, 3.63) is 0 Å². The van der Waals surface area contributed by atoms with Crippen molar-refractivity contribution in [3.63, 3.8) is 0 Å². The number of hydrogen-bond donors (Lipinski definition) is 1. The van der Waals surface area contributed by atoms with E-state index in [9.17, 15) is 4.79 Å². The van der Waals surface area contributed by atoms with Crippen LogP contribution >= 0.6 is 0 Å². The summed E-state index contributed by atoms with van der Waals surface area (Å²) in [6.45, 7) is 0.124. The van der Waals surface area contributed by atoms with Gasteiger partial charge < -0.3 is 5.11 Å². The number of carbonyl (C=O) groups excluding carboxylic acids is 1. The molecule has 3 heteroatoms. The lowest BCUT2D eigenvalue weighted by Crippen LogP contribution is -1.77. The molecule has 0 aliphatic carbocycles. The van der Waals surface area contributed by atoms with E-state index in [1.165, 1.54) is 6.08 Å². The lowest BCUT2D eigenvalue weighted by Gasteiger charge is -1.80. The van der Waals surface area contributed by atoms with Crippen molar-refractivity contribution in [1.29, 1.82) is 0 Å². The van der Waals surface area contributed by atoms with Gasteiger partial charge in [-0.15, -0.1) is 4.99 Å². The quantitative estimate of drug-likeness (QED) is 0.245. The van der Waals surface area contributed by atoms with Gasteiger partial charge in [0.15, 0.2) is 0 Å². The molecule has 0 radical (unpaired) electrons. The third-order valence-corrected chi connectivity index (χ3v) is 0.640. The Hall–Kier alpha value is -1.10. The Labute approximate surface area is 53.4 Å². The Balaban J connectivity index is 3.26. The number of aliphatic imine (C=N–C) groups is 1. The number of aliphatic hydroxyl groups excluding tert-OH is 1. The molecule has 0 spiro atoms. The van der Waals surface area contributed by atoms with Crippen LogP contribution in [0.5, 0.6) is 0 Å². The number of rotatable bonds is 2. The Morgan fingerprint density at radius 1 is 1.56 bits per heavy atom. The van der Waals surface area contributed by atoms with E-state index in [-0.39, 0.29) is 6.61 Å². The van der Waals surface area contributed by atoms with E-state index in [0.717, 1.165) is 0 Å². The summed E-state index contributed by atoms with van der Waals surface area (Å²) in [5.74, 6) is 2.55. The van der Waals surface area contributed by atoms with Crippen LogP contribution in [-0.4, -0.2) is 17.8 Å². The third kappa shape index (κ3) is 6.90. The van der Waals surface area contributed by atoms with Crippen molar-refractivity contribution < 1.29 is 9.90 Å². The predicted molar refractivity (Wildman–Crippen MR) is 32.2 cm³/mol. The van der Waals surface area contributed by atoms with Crippen LogP contribution in [0.3, 0.4) is 0 Å². The first-order chi connectivity index (χ1) is 4.41. The minimum atomic E-state index is 0.124. The average molecular weight is 125 g/mol. The normalized spacial score (nSPS) is 6.78. The Morgan fingerprint density at radius 2 is 2.33 bits per heavy atom. The molecule has 0 atom stereocenters. The summed E-state index contributed by atoms with van der Waals surface area (Å²) in [4.78, 5) is 12.4. The van der Waals surface area contributed by atoms with Crippen LogP contribution in [-0.2, 0) is 4.79 Å². The van der Waals surface area contributed by atoms with Crippen LogP contribution in [0, 0.1) is 12.0 Å². The summed E-state index contributed by atoms with van der Waals surface area (Å²) in [6, 6.07) is 2.21. The second-order valence-electron chi connectivity index (χ2n) is 1.32. The third-order valence-electron chi connectivity index (χ3n) is 0.640. The molecule has 0 saturated carbocycles. The van der Waals surface area contributed by atoms with Gasteiger partial charge in [-0.3, -0.25) is 0 Å². The van der Waals surface area contributed by atoms with E-state index in [2.05, 4.69) is 17.0 Å². The monoisotopic (exact) mass is 125 g/mol. The molecule has 0 fully saturated rings. The largest absolute Gasteiger partial charge is 0.396 e. The molecule has 0 aromatic rings. The van der Waals surface area contributed by atoms with E-state index in [1.54, 1.807) is 0 Å². The summed E-state index contributed by atoms with van der Waals surface area (Å²) in [5.41, 5.74) is 0. The summed E-state index contributed by atoms with van der Waals surface area (Å²) < 4.78 is 0. The maximum atomic E-state index is 9.39. The van der Waals surface area contributed by atoms with E-state index in [4.69, 9.17) is 5.11 Å². The van der Waals surface area contributed by atoms with Gasteiger partial charge in [-0.25, -0.2) is 4.79 Å². The van der Waals surface area contributed by atoms with Crippen molar-refractivity contribution in [2.75, 3.05) is 6.61 Å². The highest BCUT2D eigenvalue weighted by Gasteiger charge is 1.74. The molecule has 0 aromatic carbocycles. The zero-order valence-electron chi connectivity index (χ0n) is 4.92. The van der Waals surface area contributed by atoms with Crippen LogP contribution in [0.15, 0.2) is 4.99 Å². The van der Waals surface area contributed by atoms with Crippen LogP contribution in [0.4, 0.5) is 0 Å². The minimum absolute atomic E-state index is 0.124. The van der Waals surface area contributed by atoms with Crippen LogP contribution in [0.1, 0.15) is 12.8 Å². The molecule has 0 bridgehead atoms. The molecule has 1 N–H and O–H groups in total. The van der Waals surface area contributed by atoms with Crippen molar-refractivity contribution in [1.82, 2.24) is 0 Å². The topological polar surface area (TPSA) is 49.7 Å². The van der Waals surface area contributed by atoms with E-state index >= 15 is 0 Å². The predicted octanol–water partition coefficient (Wildman–Crippen LogP) is 0.0556. The molecular formula is C6H7NO2. The number of hydrogen-bond acceptors (Lipinski definition) is 3. The van der Waals surface area contributed by atoms with Crippen LogP contribution in [0.2, 0.25) is 0 Å². The number of unbranched alkanes of at least 4 members (excludes halogenated alkanes) is 1. The second kappa shape index (κ2) is 6.90. The highest BCUT2D eigenvalue weighted by molar-refractivity contribution is 5.36.